The van der Waals surface area contributed by atoms with E-state index < -0.39 is 0 Å². The lowest BCUT2D eigenvalue weighted by Gasteiger charge is -2.11. The van der Waals surface area contributed by atoms with Gasteiger partial charge in [-0.2, -0.15) is 14.9 Å². The standard InChI is InChI=1S/C17H16N4O2S/c1-22-15-8-7-14(10-19-21-12-18-20-17(21)24)9-16(15)23-11-13-5-3-2-4-6-13/h2-10,12H,11H2,1H3,(H,20,24)/b19-10+. The fourth-order valence-corrected chi connectivity index (χ4v) is 2.22. The van der Waals surface area contributed by atoms with Crippen molar-refractivity contribution in [2.24, 2.45) is 5.10 Å². The fourth-order valence-electron chi connectivity index (χ4n) is 2.08. The van der Waals surface area contributed by atoms with E-state index in [1.165, 1.54) is 11.0 Å². The molecule has 0 radical (unpaired) electrons. The Morgan fingerprint density at radius 3 is 2.75 bits per heavy atom. The lowest BCUT2D eigenvalue weighted by Crippen LogP contribution is -1.98. The lowest BCUT2D eigenvalue weighted by molar-refractivity contribution is 0.284. The highest BCUT2D eigenvalue weighted by Gasteiger charge is 2.06. The molecule has 0 fully saturated rings. The molecule has 0 spiro atoms. The summed E-state index contributed by atoms with van der Waals surface area (Å²) < 4.78 is 13.1. The van der Waals surface area contributed by atoms with Gasteiger partial charge in [0.15, 0.2) is 11.5 Å². The van der Waals surface area contributed by atoms with E-state index >= 15 is 0 Å². The van der Waals surface area contributed by atoms with Crippen molar-refractivity contribution >= 4 is 18.4 Å². The summed E-state index contributed by atoms with van der Waals surface area (Å²) in [5, 5.41) is 10.7. The Morgan fingerprint density at radius 1 is 1.21 bits per heavy atom. The Balaban J connectivity index is 1.79. The molecule has 2 aromatic carbocycles. The Morgan fingerprint density at radius 2 is 2.04 bits per heavy atom. The first-order valence-electron chi connectivity index (χ1n) is 7.27. The molecule has 0 aliphatic heterocycles. The molecule has 1 N–H and O–H groups in total. The number of nitrogens with zero attached hydrogens (tertiary/aromatic N) is 3. The number of aromatic nitrogens is 3. The number of methoxy groups -OCH3 is 1. The highest BCUT2D eigenvalue weighted by Crippen LogP contribution is 2.28. The second kappa shape index (κ2) is 7.56. The number of hydrogen-bond donors (Lipinski definition) is 1. The third-order valence-electron chi connectivity index (χ3n) is 3.29. The molecule has 3 rings (SSSR count). The van der Waals surface area contributed by atoms with Crippen LogP contribution in [0.15, 0.2) is 60.0 Å². The van der Waals surface area contributed by atoms with Crippen molar-refractivity contribution in [1.82, 2.24) is 14.9 Å². The molecule has 7 heteroatoms. The fraction of sp³-hybridized carbons (Fsp3) is 0.118. The Hall–Kier alpha value is -2.93. The third-order valence-corrected chi connectivity index (χ3v) is 3.57. The average molecular weight is 340 g/mol. The zero-order valence-corrected chi connectivity index (χ0v) is 13.9. The third kappa shape index (κ3) is 3.88. The van der Waals surface area contributed by atoms with Gasteiger partial charge in [0.2, 0.25) is 4.77 Å². The van der Waals surface area contributed by atoms with E-state index in [4.69, 9.17) is 21.7 Å². The molecule has 0 saturated carbocycles. The van der Waals surface area contributed by atoms with Crippen LogP contribution in [0.25, 0.3) is 0 Å². The normalized spacial score (nSPS) is 10.9. The molecule has 1 aromatic heterocycles. The van der Waals surface area contributed by atoms with E-state index in [1.807, 2.05) is 48.5 Å². The van der Waals surface area contributed by atoms with Gasteiger partial charge in [0.25, 0.3) is 0 Å². The molecule has 0 bridgehead atoms. The molecule has 122 valence electrons. The second-order valence-corrected chi connectivity index (χ2v) is 5.32. The van der Waals surface area contributed by atoms with E-state index in [0.29, 0.717) is 22.9 Å². The van der Waals surface area contributed by atoms with Crippen LogP contribution in [0.5, 0.6) is 11.5 Å². The Kier molecular flexibility index (Phi) is 5.02. The largest absolute Gasteiger partial charge is 0.493 e. The minimum absolute atomic E-state index is 0.431. The highest BCUT2D eigenvalue weighted by molar-refractivity contribution is 7.71. The van der Waals surface area contributed by atoms with Crippen LogP contribution in [0.3, 0.4) is 0 Å². The van der Waals surface area contributed by atoms with Gasteiger partial charge >= 0.3 is 0 Å². The monoisotopic (exact) mass is 340 g/mol. The molecule has 3 aromatic rings. The molecule has 0 saturated heterocycles. The van der Waals surface area contributed by atoms with Gasteiger partial charge in [-0.15, -0.1) is 0 Å². The quantitative estimate of drug-likeness (QED) is 0.552. The first-order chi connectivity index (χ1) is 11.8. The van der Waals surface area contributed by atoms with E-state index in [9.17, 15) is 0 Å². The summed E-state index contributed by atoms with van der Waals surface area (Å²) in [6.45, 7) is 0.463. The molecule has 0 amide bonds. The predicted octanol–water partition coefficient (Wildman–Crippen LogP) is 3.41. The second-order valence-electron chi connectivity index (χ2n) is 4.94. The number of hydrogen-bond acceptors (Lipinski definition) is 5. The topological polar surface area (TPSA) is 64.4 Å². The predicted molar refractivity (Wildman–Crippen MR) is 94.2 cm³/mol. The van der Waals surface area contributed by atoms with Crippen LogP contribution in [-0.4, -0.2) is 28.2 Å². The van der Waals surface area contributed by atoms with Crippen molar-refractivity contribution in [3.8, 4) is 11.5 Å². The van der Waals surface area contributed by atoms with Gasteiger partial charge in [-0.05, 0) is 41.5 Å². The molecule has 6 nitrogen and oxygen atoms in total. The Labute approximate surface area is 144 Å². The average Bonchev–Trinajstić information content (AvgIpc) is 3.04. The van der Waals surface area contributed by atoms with Crippen molar-refractivity contribution in [2.75, 3.05) is 7.11 Å². The summed E-state index contributed by atoms with van der Waals surface area (Å²) in [6, 6.07) is 15.6. The maximum absolute atomic E-state index is 5.88. The van der Waals surface area contributed by atoms with Gasteiger partial charge < -0.3 is 9.47 Å². The molecule has 1 heterocycles. The van der Waals surface area contributed by atoms with Crippen molar-refractivity contribution in [1.29, 1.82) is 0 Å². The first kappa shape index (κ1) is 15.9. The molecule has 0 aliphatic carbocycles. The highest BCUT2D eigenvalue weighted by atomic mass is 32.1. The zero-order valence-electron chi connectivity index (χ0n) is 13.0. The summed E-state index contributed by atoms with van der Waals surface area (Å²) in [6.07, 6.45) is 3.19. The summed E-state index contributed by atoms with van der Waals surface area (Å²) in [5.74, 6) is 1.32. The molecular formula is C17H16N4O2S. The van der Waals surface area contributed by atoms with Crippen molar-refractivity contribution < 1.29 is 9.47 Å². The number of nitrogens with one attached hydrogen (secondary N) is 1. The number of aromatic amines is 1. The minimum Gasteiger partial charge on any atom is -0.493 e. The Bertz CT molecular complexity index is 887. The SMILES string of the molecule is COc1ccc(/C=N/n2cn[nH]c2=S)cc1OCc1ccccc1. The van der Waals surface area contributed by atoms with Gasteiger partial charge in [-0.3, -0.25) is 5.10 Å². The van der Waals surface area contributed by atoms with Crippen molar-refractivity contribution in [3.63, 3.8) is 0 Å². The van der Waals surface area contributed by atoms with Crippen molar-refractivity contribution in [2.45, 2.75) is 6.61 Å². The molecule has 0 unspecified atom stereocenters. The van der Waals surface area contributed by atoms with E-state index in [2.05, 4.69) is 15.3 Å². The van der Waals surface area contributed by atoms with E-state index in [0.717, 1.165) is 11.1 Å². The molecule has 0 aliphatic rings. The van der Waals surface area contributed by atoms with Crippen LogP contribution in [0.2, 0.25) is 0 Å². The van der Waals surface area contributed by atoms with Crippen LogP contribution < -0.4 is 9.47 Å². The minimum atomic E-state index is 0.431. The zero-order chi connectivity index (χ0) is 16.8. The smallest absolute Gasteiger partial charge is 0.216 e. The molecular weight excluding hydrogens is 324 g/mol. The van der Waals surface area contributed by atoms with Gasteiger partial charge in [-0.25, -0.2) is 0 Å². The summed E-state index contributed by atoms with van der Waals surface area (Å²) in [4.78, 5) is 0. The summed E-state index contributed by atoms with van der Waals surface area (Å²) in [5.41, 5.74) is 1.95. The van der Waals surface area contributed by atoms with Gasteiger partial charge in [0.05, 0.1) is 13.3 Å². The maximum Gasteiger partial charge on any atom is 0.216 e. The van der Waals surface area contributed by atoms with Crippen molar-refractivity contribution in [3.05, 3.63) is 70.8 Å². The number of ether oxygens (including phenoxy) is 2. The number of rotatable bonds is 6. The van der Waals surface area contributed by atoms with Crippen LogP contribution in [-0.2, 0) is 6.61 Å². The molecule has 0 atom stereocenters. The van der Waals surface area contributed by atoms with Crippen LogP contribution >= 0.6 is 12.2 Å². The first-order valence-corrected chi connectivity index (χ1v) is 7.68. The van der Waals surface area contributed by atoms with E-state index in [-0.39, 0.29) is 0 Å². The van der Waals surface area contributed by atoms with Crippen LogP contribution in [0.4, 0.5) is 0 Å². The molecule has 24 heavy (non-hydrogen) atoms. The van der Waals surface area contributed by atoms with Crippen LogP contribution in [0.1, 0.15) is 11.1 Å². The number of H-pyrrole nitrogens is 1. The summed E-state index contributed by atoms with van der Waals surface area (Å²) >= 11 is 5.05. The lowest BCUT2D eigenvalue weighted by atomic mass is 10.2. The van der Waals surface area contributed by atoms with Crippen LogP contribution in [0, 0.1) is 4.77 Å². The van der Waals surface area contributed by atoms with Gasteiger partial charge in [0, 0.05) is 0 Å². The number of benzene rings is 2. The van der Waals surface area contributed by atoms with E-state index in [1.54, 1.807) is 13.3 Å². The maximum atomic E-state index is 5.88. The van der Waals surface area contributed by atoms with Gasteiger partial charge in [-0.1, -0.05) is 30.3 Å². The van der Waals surface area contributed by atoms with Gasteiger partial charge in [0.1, 0.15) is 12.9 Å². The summed E-state index contributed by atoms with van der Waals surface area (Å²) in [7, 11) is 1.61.